The predicted octanol–water partition coefficient (Wildman–Crippen LogP) is -5.59. The third-order valence-corrected chi connectivity index (χ3v) is 0. The molecule has 2 radical (unpaired) electrons. The molecule has 0 amide bonds. The molecule has 0 aromatic carbocycles. The molecule has 0 saturated heterocycles. The number of hydrogen-bond acceptors (Lipinski definition) is 10. The van der Waals surface area contributed by atoms with Gasteiger partial charge in [-0.2, -0.15) is 0 Å². The molecule has 112 valence electrons. The van der Waals surface area contributed by atoms with E-state index in [0.29, 0.717) is 0 Å². The molecule has 0 heterocycles. The maximum Gasteiger partial charge on any atom is 2.00 e. The third kappa shape index (κ3) is 15900. The molecule has 0 aliphatic heterocycles. The maximum atomic E-state index is 8.89. The normalized spacial score (nSPS) is 5.40. The predicted molar refractivity (Wildman–Crippen MR) is 49.9 cm³/mol. The number of carboxylic acid groups (broad SMARTS) is 4. The van der Waals surface area contributed by atoms with Crippen LogP contribution in [-0.4, -0.2) is 51.2 Å². The van der Waals surface area contributed by atoms with E-state index in [-0.39, 0.29) is 27.3 Å². The quantitative estimate of drug-likeness (QED) is 0.219. The minimum atomic E-state index is -2.51. The molecule has 0 spiro atoms. The Balaban J connectivity index is -0.0000000304. The van der Waals surface area contributed by atoms with Crippen molar-refractivity contribution in [1.29, 1.82) is 0 Å². The van der Waals surface area contributed by atoms with Crippen molar-refractivity contribution in [1.82, 2.24) is 0 Å². The van der Waals surface area contributed by atoms with Crippen molar-refractivity contribution < 1.29 is 71.9 Å². The van der Waals surface area contributed by atoms with Gasteiger partial charge in [0, 0.05) is 23.9 Å². The molecule has 0 fully saturated rings. The van der Waals surface area contributed by atoms with Gasteiger partial charge in [-0.15, -0.1) is 0 Å². The van der Waals surface area contributed by atoms with Crippen molar-refractivity contribution in [2.45, 2.75) is 27.7 Å². The summed E-state index contributed by atoms with van der Waals surface area (Å²) in [5, 5.41) is 35.6. The first-order valence-corrected chi connectivity index (χ1v) is 7.44. The molecule has 0 atom stereocenters. The van der Waals surface area contributed by atoms with Crippen molar-refractivity contribution in [3.63, 3.8) is 0 Å². The first kappa shape index (κ1) is 36.6. The fraction of sp³-hybridized carbons (Fsp3) is 0.500. The summed E-state index contributed by atoms with van der Waals surface area (Å²) in [4.78, 5) is 35.6. The van der Waals surface area contributed by atoms with Crippen LogP contribution >= 0.6 is 0 Å². The van der Waals surface area contributed by atoms with Gasteiger partial charge in [-0.1, -0.05) is 0 Å². The minimum absolute atomic E-state index is 0. The van der Waals surface area contributed by atoms with Crippen LogP contribution in [0.5, 0.6) is 0 Å². The molecule has 0 rings (SSSR count). The standard InChI is InChI=1S/4C2H4O2.2O.Pb.U/c4*1-2(3)4;;;;/h4*1H3,(H,3,4);;;;/q;;;;;;2*+2/p-4. The van der Waals surface area contributed by atoms with Crippen molar-refractivity contribution in [3.05, 3.63) is 0 Å². The fourth-order valence-corrected chi connectivity index (χ4v) is 0. The molecule has 0 bridgehead atoms. The zero-order chi connectivity index (χ0) is 17.0. The van der Waals surface area contributed by atoms with Crippen molar-refractivity contribution >= 4 is 51.2 Å². The van der Waals surface area contributed by atoms with Crippen molar-refractivity contribution in [2.75, 3.05) is 0 Å². The van der Waals surface area contributed by atoms with E-state index in [1.807, 2.05) is 0 Å². The summed E-state index contributed by atoms with van der Waals surface area (Å²) in [6.45, 7) is 3.89. The molecule has 0 saturated carbocycles. The van der Waals surface area contributed by atoms with Gasteiger partial charge in [0.25, 0.3) is 0 Å². The molecule has 0 N–H and O–H groups in total. The fourth-order valence-electron chi connectivity index (χ4n) is 0. The Morgan fingerprint density at radius 3 is 0.600 bits per heavy atom. The molecule has 20 heavy (non-hydrogen) atoms. The summed E-state index contributed by atoms with van der Waals surface area (Å²) in [5.74, 6) is -4.33. The first-order valence-electron chi connectivity index (χ1n) is 4.04. The average Bonchev–Trinajstić information content (AvgIpc) is 1.97. The summed E-state index contributed by atoms with van der Waals surface area (Å²) >= 11 is -2.51. The number of hydrogen-bond donors (Lipinski definition) is 0. The maximum absolute atomic E-state index is 8.89. The van der Waals surface area contributed by atoms with Crippen LogP contribution in [0.3, 0.4) is 0 Å². The number of aliphatic carboxylic acids is 4. The molecule has 0 aliphatic rings. The molecular formula is C8H12O10PbU. The van der Waals surface area contributed by atoms with E-state index in [0.717, 1.165) is 27.7 Å². The molecule has 0 unspecified atom stereocenters. The largest absolute Gasteiger partial charge is 2.00 e. The van der Waals surface area contributed by atoms with Gasteiger partial charge in [-0.25, -0.2) is 0 Å². The van der Waals surface area contributed by atoms with Crippen LogP contribution in [0.15, 0.2) is 0 Å². The van der Waals surface area contributed by atoms with Crippen LogP contribution in [0.25, 0.3) is 0 Å². The van der Waals surface area contributed by atoms with E-state index in [4.69, 9.17) is 44.1 Å². The smallest absolute Gasteiger partial charge is 2.00 e. The summed E-state index contributed by atoms with van der Waals surface area (Å²) in [7, 11) is 0. The van der Waals surface area contributed by atoms with Gasteiger partial charge in [0.1, 0.15) is 0 Å². The second-order valence-electron chi connectivity index (χ2n) is 2.05. The van der Waals surface area contributed by atoms with Crippen molar-refractivity contribution in [3.8, 4) is 0 Å². The average molecular weight is 713 g/mol. The van der Waals surface area contributed by atoms with Crippen LogP contribution in [0.4, 0.5) is 0 Å². The Kier molecular flexibility index (Phi) is 66.3. The van der Waals surface area contributed by atoms with Gasteiger partial charge in [0.05, 0.1) is 0 Å². The molecule has 0 aromatic heterocycles. The topological polar surface area (TPSA) is 195 Å². The number of carboxylic acids is 4. The zero-order valence-electron chi connectivity index (χ0n) is 11.1. The van der Waals surface area contributed by atoms with Gasteiger partial charge in [0.15, 0.2) is 0 Å². The molecule has 10 nitrogen and oxygen atoms in total. The molecule has 0 aliphatic carbocycles. The van der Waals surface area contributed by atoms with E-state index in [1.54, 1.807) is 0 Å². The Bertz CT molecular complexity index is 234. The number of rotatable bonds is 0. The summed E-state index contributed by atoms with van der Waals surface area (Å²) in [6, 6.07) is 0. The summed E-state index contributed by atoms with van der Waals surface area (Å²) in [6.07, 6.45) is 0. The second-order valence-corrected chi connectivity index (χ2v) is 2.74. The van der Waals surface area contributed by atoms with Gasteiger partial charge in [-0.05, 0) is 27.7 Å². The minimum Gasteiger partial charge on any atom is 2.00 e. The summed E-state index contributed by atoms with van der Waals surface area (Å²) in [5.41, 5.74) is 0. The van der Waals surface area contributed by atoms with Crippen LogP contribution in [0, 0.1) is 27.8 Å². The van der Waals surface area contributed by atoms with Crippen LogP contribution in [0.1, 0.15) is 27.7 Å². The van der Waals surface area contributed by atoms with Crippen LogP contribution in [0.2, 0.25) is 0 Å². The van der Waals surface area contributed by atoms with E-state index in [1.165, 1.54) is 0 Å². The molecule has 12 heteroatoms. The Morgan fingerprint density at radius 2 is 0.600 bits per heavy atom. The first-order chi connectivity index (χ1) is 8.34. The molecular weight excluding hydrogens is 701 g/mol. The third-order valence-electron chi connectivity index (χ3n) is 0. The summed E-state index contributed by atoms with van der Waals surface area (Å²) < 4.78 is 17.2. The van der Waals surface area contributed by atoms with E-state index in [9.17, 15) is 0 Å². The zero-order valence-corrected chi connectivity index (χ0v) is 19.1. The van der Waals surface area contributed by atoms with E-state index in [2.05, 4.69) is 0 Å². The van der Waals surface area contributed by atoms with Gasteiger partial charge in [-0.3, -0.25) is 0 Å². The Morgan fingerprint density at radius 1 is 0.600 bits per heavy atom. The number of carbonyl (C=O) groups excluding carboxylic acids is 4. The van der Waals surface area contributed by atoms with Gasteiger partial charge >= 0.3 is 59.6 Å². The Labute approximate surface area is 149 Å². The Hall–Kier alpha value is -0.546. The molecule has 0 aromatic rings. The van der Waals surface area contributed by atoms with Gasteiger partial charge in [0.2, 0.25) is 0 Å². The van der Waals surface area contributed by atoms with Gasteiger partial charge < -0.3 is 39.6 Å². The van der Waals surface area contributed by atoms with Crippen LogP contribution < -0.4 is 20.4 Å². The monoisotopic (exact) mass is 714 g/mol. The van der Waals surface area contributed by atoms with Crippen molar-refractivity contribution in [2.24, 2.45) is 0 Å². The van der Waals surface area contributed by atoms with Crippen LogP contribution in [-0.2, 0) is 23.6 Å². The van der Waals surface area contributed by atoms with E-state index >= 15 is 0 Å². The number of carbonyl (C=O) groups is 4. The van der Waals surface area contributed by atoms with E-state index < -0.39 is 51.7 Å². The SMILES string of the molecule is CC(=O)[O-].CC(=O)[O-].CC(=O)[O-].CC(=O)[O-].[O]=[U+2]=[O].[Pb+2]. The second kappa shape index (κ2) is 36.2.